The van der Waals surface area contributed by atoms with Crippen LogP contribution in [-0.2, 0) is 24.6 Å². The van der Waals surface area contributed by atoms with Crippen molar-refractivity contribution in [3.63, 3.8) is 0 Å². The average Bonchev–Trinajstić information content (AvgIpc) is 2.82. The molecule has 0 radical (unpaired) electrons. The summed E-state index contributed by atoms with van der Waals surface area (Å²) in [6.07, 6.45) is 0.813. The van der Waals surface area contributed by atoms with Gasteiger partial charge in [0.25, 0.3) is 0 Å². The van der Waals surface area contributed by atoms with Crippen molar-refractivity contribution in [2.24, 2.45) is 0 Å². The van der Waals surface area contributed by atoms with E-state index < -0.39 is 20.9 Å². The molecule has 0 saturated heterocycles. The molecule has 176 valence electrons. The predicted molar refractivity (Wildman–Crippen MR) is 137 cm³/mol. The molecule has 0 fully saturated rings. The Kier molecular flexibility index (Phi) is 9.26. The van der Waals surface area contributed by atoms with E-state index >= 15 is 0 Å². The predicted octanol–water partition coefficient (Wildman–Crippen LogP) is 5.69. The van der Waals surface area contributed by atoms with Gasteiger partial charge in [-0.25, -0.2) is 9.65 Å². The Bertz CT molecular complexity index is 1030. The Labute approximate surface area is 197 Å². The highest BCUT2D eigenvalue weighted by atomic mass is 31.2. The summed E-state index contributed by atoms with van der Waals surface area (Å²) in [6.45, 7) is 6.09. The van der Waals surface area contributed by atoms with Gasteiger partial charge in [-0.3, -0.25) is 9.05 Å². The molecule has 5 nitrogen and oxygen atoms in total. The van der Waals surface area contributed by atoms with E-state index in [2.05, 4.69) is 5.09 Å². The molecule has 0 bridgehead atoms. The normalized spacial score (nSPS) is 13.1. The fraction of sp³-hybridized carbons (Fsp3) is 0.308. The summed E-state index contributed by atoms with van der Waals surface area (Å²) < 4.78 is 39.1. The van der Waals surface area contributed by atoms with Crippen LogP contribution < -0.4 is 15.7 Å². The Morgan fingerprint density at radius 1 is 0.758 bits per heavy atom. The van der Waals surface area contributed by atoms with E-state index in [-0.39, 0.29) is 19.4 Å². The largest absolute Gasteiger partial charge is 0.405 e. The van der Waals surface area contributed by atoms with Gasteiger partial charge in [0.05, 0.1) is 13.2 Å². The quantitative estimate of drug-likeness (QED) is 0.334. The maximum absolute atomic E-state index is 14.7. The lowest BCUT2D eigenvalue weighted by molar-refractivity contribution is 0.207. The lowest BCUT2D eigenvalue weighted by Crippen LogP contribution is -2.36. The Balaban J connectivity index is 2.02. The summed E-state index contributed by atoms with van der Waals surface area (Å²) in [4.78, 5) is 0. The van der Waals surface area contributed by atoms with Crippen molar-refractivity contribution in [3.05, 3.63) is 96.1 Å². The third-order valence-corrected chi connectivity index (χ3v) is 10.5. The Hall–Kier alpha value is -2.00. The minimum absolute atomic E-state index is 0.247. The maximum Gasteiger partial charge on any atom is 0.405 e. The molecule has 0 spiro atoms. The molecule has 0 amide bonds. The van der Waals surface area contributed by atoms with Crippen molar-refractivity contribution in [1.82, 2.24) is 5.09 Å². The monoisotopic (exact) mass is 485 g/mol. The standard InChI is InChI=1S/C26H33NO4P2/c1-4-30-33(29,31-5-2)27-24(20-23-18-16-22(3)17-19-23)21-32(28,25-12-8-6-9-13-25)26-14-10-7-11-15-26/h6-19,24H,4-5,20-21H2,1-3H3,(H,27,29). The number of hydrogen-bond donors (Lipinski definition) is 1. The lowest BCUT2D eigenvalue weighted by Gasteiger charge is -2.29. The smallest absolute Gasteiger partial charge is 0.314 e. The lowest BCUT2D eigenvalue weighted by atomic mass is 10.1. The highest BCUT2D eigenvalue weighted by molar-refractivity contribution is 7.78. The van der Waals surface area contributed by atoms with E-state index in [0.717, 1.165) is 21.7 Å². The van der Waals surface area contributed by atoms with Crippen LogP contribution in [0.25, 0.3) is 0 Å². The van der Waals surface area contributed by atoms with Crippen molar-refractivity contribution >= 4 is 25.5 Å². The van der Waals surface area contributed by atoms with E-state index in [1.54, 1.807) is 13.8 Å². The van der Waals surface area contributed by atoms with Gasteiger partial charge in [0, 0.05) is 22.8 Å². The van der Waals surface area contributed by atoms with Crippen molar-refractivity contribution in [2.45, 2.75) is 33.2 Å². The first kappa shape index (κ1) is 25.6. The minimum Gasteiger partial charge on any atom is -0.314 e. The maximum atomic E-state index is 14.7. The Morgan fingerprint density at radius 2 is 1.24 bits per heavy atom. The van der Waals surface area contributed by atoms with E-state index in [1.807, 2.05) is 91.9 Å². The highest BCUT2D eigenvalue weighted by Crippen LogP contribution is 2.48. The van der Waals surface area contributed by atoms with Gasteiger partial charge < -0.3 is 4.57 Å². The van der Waals surface area contributed by atoms with Crippen molar-refractivity contribution in [2.75, 3.05) is 19.4 Å². The summed E-state index contributed by atoms with van der Waals surface area (Å²) >= 11 is 0. The molecular weight excluding hydrogens is 452 g/mol. The van der Waals surface area contributed by atoms with Gasteiger partial charge in [-0.1, -0.05) is 90.5 Å². The summed E-state index contributed by atoms with van der Waals surface area (Å²) in [5.74, 6) is 0. The second kappa shape index (κ2) is 11.9. The number of hydrogen-bond acceptors (Lipinski definition) is 4. The van der Waals surface area contributed by atoms with Crippen LogP contribution in [0.5, 0.6) is 0 Å². The van der Waals surface area contributed by atoms with Crippen LogP contribution in [0.4, 0.5) is 0 Å². The number of rotatable bonds is 12. The van der Waals surface area contributed by atoms with Gasteiger partial charge in [-0.15, -0.1) is 0 Å². The third kappa shape index (κ3) is 6.99. The molecule has 1 N–H and O–H groups in total. The molecule has 3 aromatic rings. The van der Waals surface area contributed by atoms with Gasteiger partial charge in [0.1, 0.15) is 7.14 Å². The first-order valence-corrected chi connectivity index (χ1v) is 14.7. The number of aryl methyl sites for hydroxylation is 1. The van der Waals surface area contributed by atoms with Gasteiger partial charge in [0.15, 0.2) is 0 Å². The van der Waals surface area contributed by atoms with E-state index in [1.165, 1.54) is 0 Å². The van der Waals surface area contributed by atoms with E-state index in [0.29, 0.717) is 6.42 Å². The van der Waals surface area contributed by atoms with Crippen molar-refractivity contribution in [3.8, 4) is 0 Å². The fourth-order valence-corrected chi connectivity index (χ4v) is 8.39. The molecule has 7 heteroatoms. The molecule has 3 aromatic carbocycles. The van der Waals surface area contributed by atoms with Crippen LogP contribution in [0.1, 0.15) is 25.0 Å². The Morgan fingerprint density at radius 3 is 1.70 bits per heavy atom. The summed E-state index contributed by atoms with van der Waals surface area (Å²) in [5, 5.41) is 4.68. The van der Waals surface area contributed by atoms with Crippen molar-refractivity contribution < 1.29 is 18.2 Å². The van der Waals surface area contributed by atoms with Gasteiger partial charge in [-0.05, 0) is 32.8 Å². The first-order valence-electron chi connectivity index (χ1n) is 11.3. The zero-order valence-electron chi connectivity index (χ0n) is 19.5. The molecule has 0 aliphatic heterocycles. The van der Waals surface area contributed by atoms with Crippen LogP contribution in [0, 0.1) is 6.92 Å². The number of benzene rings is 3. The van der Waals surface area contributed by atoms with Crippen LogP contribution in [0.2, 0.25) is 0 Å². The number of nitrogens with one attached hydrogen (secondary N) is 1. The van der Waals surface area contributed by atoms with E-state index in [9.17, 15) is 9.13 Å². The van der Waals surface area contributed by atoms with Crippen LogP contribution in [-0.4, -0.2) is 25.4 Å². The molecule has 0 aliphatic rings. The van der Waals surface area contributed by atoms with Gasteiger partial charge >= 0.3 is 7.75 Å². The zero-order valence-corrected chi connectivity index (χ0v) is 21.3. The molecule has 1 atom stereocenters. The second-order valence-corrected chi connectivity index (χ2v) is 12.6. The topological polar surface area (TPSA) is 64.6 Å². The molecule has 0 aliphatic carbocycles. The summed E-state index contributed by atoms with van der Waals surface area (Å²) in [5.41, 5.74) is 2.22. The van der Waals surface area contributed by atoms with Gasteiger partial charge in [0.2, 0.25) is 0 Å². The highest BCUT2D eigenvalue weighted by Gasteiger charge is 2.35. The van der Waals surface area contributed by atoms with E-state index in [4.69, 9.17) is 9.05 Å². The molecule has 0 aromatic heterocycles. The van der Waals surface area contributed by atoms with Crippen molar-refractivity contribution in [1.29, 1.82) is 0 Å². The molecule has 1 unspecified atom stereocenters. The van der Waals surface area contributed by atoms with Crippen LogP contribution >= 0.6 is 14.9 Å². The SMILES string of the molecule is CCOP(=O)(NC(Cc1ccc(C)cc1)CP(=O)(c1ccccc1)c1ccccc1)OCC. The first-order chi connectivity index (χ1) is 15.9. The van der Waals surface area contributed by atoms with Gasteiger partial charge in [-0.2, -0.15) is 0 Å². The fourth-order valence-electron chi connectivity index (χ4n) is 3.84. The summed E-state index contributed by atoms with van der Waals surface area (Å²) in [7, 11) is -6.61. The summed E-state index contributed by atoms with van der Waals surface area (Å²) in [6, 6.07) is 26.8. The van der Waals surface area contributed by atoms with Crippen LogP contribution in [0.3, 0.4) is 0 Å². The second-order valence-electron chi connectivity index (χ2n) is 7.94. The molecular formula is C26H33NO4P2. The zero-order chi connectivity index (χ0) is 23.7. The molecule has 33 heavy (non-hydrogen) atoms. The average molecular weight is 486 g/mol. The molecule has 3 rings (SSSR count). The molecule has 0 saturated carbocycles. The third-order valence-electron chi connectivity index (χ3n) is 5.37. The van der Waals surface area contributed by atoms with Crippen LogP contribution in [0.15, 0.2) is 84.9 Å². The molecule has 0 heterocycles. The minimum atomic E-state index is -3.56.